The van der Waals surface area contributed by atoms with Crippen molar-refractivity contribution in [2.24, 2.45) is 0 Å². The number of hydrogen-bond acceptors (Lipinski definition) is 1. The van der Waals surface area contributed by atoms with Crippen LogP contribution in [-0.2, 0) is 6.54 Å². The minimum absolute atomic E-state index is 0.193. The molecule has 17 heavy (non-hydrogen) atoms. The molecule has 0 fully saturated rings. The van der Waals surface area contributed by atoms with Crippen molar-refractivity contribution in [3.05, 3.63) is 34.6 Å². The van der Waals surface area contributed by atoms with Crippen LogP contribution in [0.4, 0.5) is 4.39 Å². The van der Waals surface area contributed by atoms with Crippen LogP contribution in [0, 0.1) is 5.82 Å². The number of nitrogens with zero attached hydrogens (tertiary/aromatic N) is 1. The van der Waals surface area contributed by atoms with Gasteiger partial charge in [-0.15, -0.1) is 11.6 Å². The van der Waals surface area contributed by atoms with E-state index in [4.69, 9.17) is 23.2 Å². The highest BCUT2D eigenvalue weighted by Gasteiger charge is 2.06. The van der Waals surface area contributed by atoms with E-state index in [1.54, 1.807) is 12.1 Å². The van der Waals surface area contributed by atoms with Crippen LogP contribution >= 0.6 is 23.2 Å². The first-order chi connectivity index (χ1) is 8.13. The highest BCUT2D eigenvalue weighted by Crippen LogP contribution is 2.16. The highest BCUT2D eigenvalue weighted by atomic mass is 35.5. The first-order valence-electron chi connectivity index (χ1n) is 5.82. The van der Waals surface area contributed by atoms with E-state index in [0.717, 1.165) is 25.8 Å². The summed E-state index contributed by atoms with van der Waals surface area (Å²) in [4.78, 5) is 2.10. The molecule has 0 bridgehead atoms. The topological polar surface area (TPSA) is 3.24 Å². The van der Waals surface area contributed by atoms with Crippen LogP contribution in [0.1, 0.15) is 24.8 Å². The Morgan fingerprint density at radius 2 is 2.00 bits per heavy atom. The molecule has 1 aromatic rings. The molecule has 1 aromatic carbocycles. The third-order valence-electron chi connectivity index (χ3n) is 2.62. The molecule has 0 atom stereocenters. The maximum Gasteiger partial charge on any atom is 0.127 e. The Labute approximate surface area is 113 Å². The van der Waals surface area contributed by atoms with Gasteiger partial charge >= 0.3 is 0 Å². The van der Waals surface area contributed by atoms with Gasteiger partial charge in [0, 0.05) is 23.0 Å². The number of halogens is 3. The Morgan fingerprint density at radius 1 is 1.24 bits per heavy atom. The summed E-state index contributed by atoms with van der Waals surface area (Å²) in [5, 5.41) is 0.581. The van der Waals surface area contributed by atoms with E-state index in [0.29, 0.717) is 23.0 Å². The largest absolute Gasteiger partial charge is 0.302 e. The Kier molecular flexibility index (Phi) is 6.86. The van der Waals surface area contributed by atoms with Crippen molar-refractivity contribution in [2.45, 2.75) is 25.8 Å². The van der Waals surface area contributed by atoms with Gasteiger partial charge in [0.2, 0.25) is 0 Å². The molecule has 0 unspecified atom stereocenters. The number of hydrogen-bond donors (Lipinski definition) is 0. The zero-order chi connectivity index (χ0) is 12.7. The van der Waals surface area contributed by atoms with Crippen molar-refractivity contribution >= 4 is 23.2 Å². The van der Waals surface area contributed by atoms with E-state index in [1.165, 1.54) is 6.07 Å². The monoisotopic (exact) mass is 277 g/mol. The van der Waals surface area contributed by atoms with Gasteiger partial charge in [-0.05, 0) is 44.6 Å². The fourth-order valence-electron chi connectivity index (χ4n) is 1.69. The molecular weight excluding hydrogens is 260 g/mol. The quantitative estimate of drug-likeness (QED) is 0.530. The fourth-order valence-corrected chi connectivity index (χ4v) is 2.07. The number of unbranched alkanes of at least 4 members (excludes halogenated alkanes) is 2. The second kappa shape index (κ2) is 7.91. The summed E-state index contributed by atoms with van der Waals surface area (Å²) >= 11 is 11.5. The van der Waals surface area contributed by atoms with Crippen molar-refractivity contribution in [2.75, 3.05) is 19.5 Å². The average molecular weight is 278 g/mol. The van der Waals surface area contributed by atoms with E-state index in [-0.39, 0.29) is 5.82 Å². The number of rotatable bonds is 7. The van der Waals surface area contributed by atoms with Gasteiger partial charge in [0.05, 0.1) is 0 Å². The lowest BCUT2D eigenvalue weighted by molar-refractivity contribution is 0.313. The first-order valence-corrected chi connectivity index (χ1v) is 6.73. The van der Waals surface area contributed by atoms with E-state index >= 15 is 0 Å². The SMILES string of the molecule is CN(CCCCCCl)Cc1cc(Cl)ccc1F. The summed E-state index contributed by atoms with van der Waals surface area (Å²) in [7, 11) is 1.99. The van der Waals surface area contributed by atoms with Crippen LogP contribution in [0.5, 0.6) is 0 Å². The fraction of sp³-hybridized carbons (Fsp3) is 0.538. The second-order valence-corrected chi connectivity index (χ2v) is 5.04. The summed E-state index contributed by atoms with van der Waals surface area (Å²) in [5.74, 6) is 0.522. The van der Waals surface area contributed by atoms with E-state index in [1.807, 2.05) is 7.05 Å². The Balaban J connectivity index is 2.39. The maximum absolute atomic E-state index is 13.5. The maximum atomic E-state index is 13.5. The van der Waals surface area contributed by atoms with Crippen molar-refractivity contribution in [1.82, 2.24) is 4.90 Å². The van der Waals surface area contributed by atoms with Gasteiger partial charge < -0.3 is 4.90 Å². The lowest BCUT2D eigenvalue weighted by atomic mass is 10.2. The molecular formula is C13H18Cl2FN. The molecule has 0 aromatic heterocycles. The summed E-state index contributed by atoms with van der Waals surface area (Å²) in [6.45, 7) is 1.54. The smallest absolute Gasteiger partial charge is 0.127 e. The van der Waals surface area contributed by atoms with Gasteiger partial charge in [-0.1, -0.05) is 18.0 Å². The lowest BCUT2D eigenvalue weighted by Crippen LogP contribution is -2.19. The molecule has 4 heteroatoms. The standard InChI is InChI=1S/C13H18Cl2FN/c1-17(8-4-2-3-7-14)10-11-9-12(15)5-6-13(11)16/h5-6,9H,2-4,7-8,10H2,1H3. The Bertz CT molecular complexity index is 344. The molecule has 0 saturated carbocycles. The highest BCUT2D eigenvalue weighted by molar-refractivity contribution is 6.30. The molecule has 96 valence electrons. The molecule has 0 N–H and O–H groups in total. The minimum atomic E-state index is -0.193. The summed E-state index contributed by atoms with van der Waals surface area (Å²) in [6.07, 6.45) is 3.25. The Hall–Kier alpha value is -0.310. The van der Waals surface area contributed by atoms with Crippen molar-refractivity contribution < 1.29 is 4.39 Å². The van der Waals surface area contributed by atoms with E-state index in [9.17, 15) is 4.39 Å². The van der Waals surface area contributed by atoms with Crippen LogP contribution in [0.3, 0.4) is 0 Å². The van der Waals surface area contributed by atoms with E-state index < -0.39 is 0 Å². The zero-order valence-electron chi connectivity index (χ0n) is 10.1. The predicted molar refractivity (Wildman–Crippen MR) is 72.3 cm³/mol. The Morgan fingerprint density at radius 3 is 2.71 bits per heavy atom. The zero-order valence-corrected chi connectivity index (χ0v) is 11.6. The molecule has 0 aliphatic heterocycles. The van der Waals surface area contributed by atoms with Crippen molar-refractivity contribution in [3.63, 3.8) is 0 Å². The van der Waals surface area contributed by atoms with Gasteiger partial charge in [0.1, 0.15) is 5.82 Å². The lowest BCUT2D eigenvalue weighted by Gasteiger charge is -2.17. The summed E-state index contributed by atoms with van der Waals surface area (Å²) in [5.41, 5.74) is 0.650. The molecule has 0 saturated heterocycles. The van der Waals surface area contributed by atoms with Crippen LogP contribution in [0.15, 0.2) is 18.2 Å². The molecule has 0 spiro atoms. The number of alkyl halides is 1. The molecule has 1 nitrogen and oxygen atoms in total. The molecule has 0 aliphatic carbocycles. The third kappa shape index (κ3) is 5.71. The molecule has 0 aliphatic rings. The molecule has 1 rings (SSSR count). The van der Waals surface area contributed by atoms with Crippen LogP contribution in [0.25, 0.3) is 0 Å². The molecule has 0 radical (unpaired) electrons. The molecule has 0 amide bonds. The van der Waals surface area contributed by atoms with E-state index in [2.05, 4.69) is 4.90 Å². The van der Waals surface area contributed by atoms with Gasteiger partial charge in [-0.3, -0.25) is 0 Å². The third-order valence-corrected chi connectivity index (χ3v) is 3.12. The van der Waals surface area contributed by atoms with Crippen molar-refractivity contribution in [3.8, 4) is 0 Å². The van der Waals surface area contributed by atoms with Crippen LogP contribution < -0.4 is 0 Å². The second-order valence-electron chi connectivity index (χ2n) is 4.22. The summed E-state index contributed by atoms with van der Waals surface area (Å²) in [6, 6.07) is 4.67. The summed E-state index contributed by atoms with van der Waals surface area (Å²) < 4.78 is 13.5. The van der Waals surface area contributed by atoms with Gasteiger partial charge in [0.25, 0.3) is 0 Å². The van der Waals surface area contributed by atoms with Crippen LogP contribution in [-0.4, -0.2) is 24.4 Å². The van der Waals surface area contributed by atoms with Crippen LogP contribution in [0.2, 0.25) is 5.02 Å². The number of benzene rings is 1. The minimum Gasteiger partial charge on any atom is -0.302 e. The normalized spacial score (nSPS) is 11.1. The van der Waals surface area contributed by atoms with Gasteiger partial charge in [-0.2, -0.15) is 0 Å². The molecule has 0 heterocycles. The van der Waals surface area contributed by atoms with Gasteiger partial charge in [0.15, 0.2) is 0 Å². The average Bonchev–Trinajstić information content (AvgIpc) is 2.29. The van der Waals surface area contributed by atoms with Gasteiger partial charge in [-0.25, -0.2) is 4.39 Å². The predicted octanol–water partition coefficient (Wildman–Crippen LogP) is 4.32. The first kappa shape index (κ1) is 14.7. The van der Waals surface area contributed by atoms with Crippen molar-refractivity contribution in [1.29, 1.82) is 0 Å².